The fourth-order valence-corrected chi connectivity index (χ4v) is 3.73. The third-order valence-electron chi connectivity index (χ3n) is 5.31. The molecule has 1 aliphatic heterocycles. The summed E-state index contributed by atoms with van der Waals surface area (Å²) in [6.45, 7) is 2.91. The van der Waals surface area contributed by atoms with Gasteiger partial charge in [0, 0.05) is 26.2 Å². The van der Waals surface area contributed by atoms with Gasteiger partial charge in [-0.3, -0.25) is 4.90 Å². The van der Waals surface area contributed by atoms with Crippen molar-refractivity contribution in [1.29, 1.82) is 0 Å². The van der Waals surface area contributed by atoms with Gasteiger partial charge in [-0.25, -0.2) is 0 Å². The van der Waals surface area contributed by atoms with E-state index in [-0.39, 0.29) is 12.7 Å². The van der Waals surface area contributed by atoms with E-state index in [1.54, 1.807) is 21.3 Å². The number of benzene rings is 2. The number of nitrogens with zero attached hydrogens (tertiary/aromatic N) is 1. The topological polar surface area (TPSA) is 69.6 Å². The number of methoxy groups -OCH3 is 3. The predicted octanol–water partition coefficient (Wildman–Crippen LogP) is 3.13. The van der Waals surface area contributed by atoms with Gasteiger partial charge in [0.1, 0.15) is 24.2 Å². The first-order valence-corrected chi connectivity index (χ1v) is 10.6. The monoisotopic (exact) mass is 431 g/mol. The van der Waals surface area contributed by atoms with Crippen molar-refractivity contribution in [3.63, 3.8) is 0 Å². The van der Waals surface area contributed by atoms with E-state index >= 15 is 0 Å². The minimum Gasteiger partial charge on any atom is -0.497 e. The van der Waals surface area contributed by atoms with Crippen molar-refractivity contribution < 1.29 is 28.8 Å². The molecule has 0 radical (unpaired) electrons. The fraction of sp³-hybridized carbons (Fsp3) is 0.500. The van der Waals surface area contributed by atoms with Gasteiger partial charge in [-0.2, -0.15) is 0 Å². The Morgan fingerprint density at radius 3 is 2.39 bits per heavy atom. The lowest BCUT2D eigenvalue weighted by molar-refractivity contribution is 0.0313. The van der Waals surface area contributed by atoms with Crippen LogP contribution in [0, 0.1) is 0 Å². The average Bonchev–Trinajstić information content (AvgIpc) is 3.31. The van der Waals surface area contributed by atoms with Crippen LogP contribution in [0.2, 0.25) is 0 Å². The molecule has 0 aliphatic carbocycles. The van der Waals surface area contributed by atoms with Crippen LogP contribution in [0.5, 0.6) is 23.0 Å². The highest BCUT2D eigenvalue weighted by Gasteiger charge is 2.22. The Morgan fingerprint density at radius 1 is 1.00 bits per heavy atom. The minimum absolute atomic E-state index is 0.190. The van der Waals surface area contributed by atoms with Crippen LogP contribution in [0.3, 0.4) is 0 Å². The summed E-state index contributed by atoms with van der Waals surface area (Å²) in [6.07, 6.45) is 1.68. The van der Waals surface area contributed by atoms with Gasteiger partial charge in [0.05, 0.1) is 27.4 Å². The van der Waals surface area contributed by atoms with E-state index in [9.17, 15) is 5.11 Å². The predicted molar refractivity (Wildman–Crippen MR) is 118 cm³/mol. The van der Waals surface area contributed by atoms with Gasteiger partial charge in [0.25, 0.3) is 0 Å². The lowest BCUT2D eigenvalue weighted by Gasteiger charge is -2.27. The van der Waals surface area contributed by atoms with E-state index in [4.69, 9.17) is 23.7 Å². The van der Waals surface area contributed by atoms with Gasteiger partial charge in [-0.05, 0) is 54.8 Å². The molecular formula is C24H33NO6. The Bertz CT molecular complexity index is 791. The molecule has 2 atom stereocenters. The number of aliphatic hydroxyl groups is 1. The number of ether oxygens (including phenoxy) is 5. The van der Waals surface area contributed by atoms with Crippen molar-refractivity contribution in [1.82, 2.24) is 4.90 Å². The number of aliphatic hydroxyl groups excluding tert-OH is 1. The van der Waals surface area contributed by atoms with E-state index in [1.165, 1.54) is 0 Å². The molecule has 170 valence electrons. The molecular weight excluding hydrogens is 398 g/mol. The Balaban J connectivity index is 1.60. The zero-order valence-electron chi connectivity index (χ0n) is 18.6. The summed E-state index contributed by atoms with van der Waals surface area (Å²) in [5.74, 6) is 2.86. The quantitative estimate of drug-likeness (QED) is 0.554. The van der Waals surface area contributed by atoms with E-state index in [0.29, 0.717) is 30.3 Å². The molecule has 1 fully saturated rings. The van der Waals surface area contributed by atoms with Gasteiger partial charge < -0.3 is 28.8 Å². The first kappa shape index (κ1) is 23.2. The zero-order chi connectivity index (χ0) is 22.1. The molecule has 31 heavy (non-hydrogen) atoms. The summed E-state index contributed by atoms with van der Waals surface area (Å²) < 4.78 is 27.5. The van der Waals surface area contributed by atoms with Crippen LogP contribution >= 0.6 is 0 Å². The maximum Gasteiger partial charge on any atom is 0.161 e. The molecule has 0 saturated carbocycles. The smallest absolute Gasteiger partial charge is 0.161 e. The lowest BCUT2D eigenvalue weighted by atomic mass is 10.1. The van der Waals surface area contributed by atoms with E-state index in [2.05, 4.69) is 4.90 Å². The van der Waals surface area contributed by atoms with Crippen LogP contribution < -0.4 is 18.9 Å². The Kier molecular flexibility index (Phi) is 8.82. The van der Waals surface area contributed by atoms with Gasteiger partial charge in [-0.1, -0.05) is 6.07 Å². The lowest BCUT2D eigenvalue weighted by Crippen LogP contribution is -2.39. The molecule has 1 saturated heterocycles. The number of hydrogen-bond acceptors (Lipinski definition) is 7. The van der Waals surface area contributed by atoms with Crippen molar-refractivity contribution in [2.75, 3.05) is 47.6 Å². The SMILES string of the molecule is COc1ccc(OCC(O)CN(Cc2ccc(OC)c(OC)c2)CC2CCCO2)cc1. The number of rotatable bonds is 12. The van der Waals surface area contributed by atoms with Gasteiger partial charge in [0.15, 0.2) is 11.5 Å². The van der Waals surface area contributed by atoms with E-state index < -0.39 is 6.10 Å². The van der Waals surface area contributed by atoms with Crippen molar-refractivity contribution in [3.05, 3.63) is 48.0 Å². The second-order valence-corrected chi connectivity index (χ2v) is 7.66. The van der Waals surface area contributed by atoms with Crippen LogP contribution in [0.15, 0.2) is 42.5 Å². The molecule has 0 amide bonds. The first-order valence-electron chi connectivity index (χ1n) is 10.6. The first-order chi connectivity index (χ1) is 15.1. The Hall–Kier alpha value is -2.48. The highest BCUT2D eigenvalue weighted by atomic mass is 16.5. The summed E-state index contributed by atoms with van der Waals surface area (Å²) in [4.78, 5) is 2.21. The Morgan fingerprint density at radius 2 is 1.74 bits per heavy atom. The van der Waals surface area contributed by atoms with Gasteiger partial charge in [-0.15, -0.1) is 0 Å². The molecule has 0 aromatic heterocycles. The maximum absolute atomic E-state index is 10.6. The molecule has 0 bridgehead atoms. The van der Waals surface area contributed by atoms with Gasteiger partial charge >= 0.3 is 0 Å². The summed E-state index contributed by atoms with van der Waals surface area (Å²) in [7, 11) is 4.88. The fourth-order valence-electron chi connectivity index (χ4n) is 3.73. The molecule has 1 N–H and O–H groups in total. The van der Waals surface area contributed by atoms with Crippen LogP contribution in [0.25, 0.3) is 0 Å². The van der Waals surface area contributed by atoms with E-state index in [0.717, 1.165) is 37.3 Å². The normalized spacial score (nSPS) is 16.9. The second-order valence-electron chi connectivity index (χ2n) is 7.66. The third kappa shape index (κ3) is 7.02. The molecule has 3 rings (SSSR count). The summed E-state index contributed by atoms with van der Waals surface area (Å²) in [6, 6.07) is 13.2. The second kappa shape index (κ2) is 11.8. The van der Waals surface area contributed by atoms with Crippen molar-refractivity contribution >= 4 is 0 Å². The molecule has 2 aromatic carbocycles. The van der Waals surface area contributed by atoms with Gasteiger partial charge in [0.2, 0.25) is 0 Å². The summed E-state index contributed by atoms with van der Waals surface area (Å²) in [5, 5.41) is 10.6. The molecule has 1 aliphatic rings. The number of hydrogen-bond donors (Lipinski definition) is 1. The van der Waals surface area contributed by atoms with Crippen LogP contribution in [0.1, 0.15) is 18.4 Å². The highest BCUT2D eigenvalue weighted by Crippen LogP contribution is 2.28. The molecule has 0 spiro atoms. The van der Waals surface area contributed by atoms with Crippen molar-refractivity contribution in [2.45, 2.75) is 31.6 Å². The summed E-state index contributed by atoms with van der Waals surface area (Å²) >= 11 is 0. The van der Waals surface area contributed by atoms with Crippen molar-refractivity contribution in [3.8, 4) is 23.0 Å². The van der Waals surface area contributed by atoms with Crippen LogP contribution in [-0.2, 0) is 11.3 Å². The Labute approximate surface area is 184 Å². The molecule has 2 unspecified atom stereocenters. The standard InChI is InChI=1S/C24H33NO6/c1-27-20-7-9-21(10-8-20)31-17-19(26)15-25(16-22-5-4-12-30-22)14-18-6-11-23(28-2)24(13-18)29-3/h6-11,13,19,22,26H,4-5,12,14-17H2,1-3H3. The maximum atomic E-state index is 10.6. The molecule has 7 nitrogen and oxygen atoms in total. The van der Waals surface area contributed by atoms with E-state index in [1.807, 2.05) is 42.5 Å². The zero-order valence-corrected chi connectivity index (χ0v) is 18.6. The average molecular weight is 432 g/mol. The summed E-state index contributed by atoms with van der Waals surface area (Å²) in [5.41, 5.74) is 1.08. The minimum atomic E-state index is -0.636. The molecule has 1 heterocycles. The largest absolute Gasteiger partial charge is 0.497 e. The molecule has 2 aromatic rings. The highest BCUT2D eigenvalue weighted by molar-refractivity contribution is 5.42. The molecule has 7 heteroatoms. The van der Waals surface area contributed by atoms with Crippen molar-refractivity contribution in [2.24, 2.45) is 0 Å². The van der Waals surface area contributed by atoms with Crippen LogP contribution in [0.4, 0.5) is 0 Å². The van der Waals surface area contributed by atoms with Crippen LogP contribution in [-0.4, -0.2) is 69.8 Å². The third-order valence-corrected chi connectivity index (χ3v) is 5.31.